The summed E-state index contributed by atoms with van der Waals surface area (Å²) in [4.78, 5) is 17.6. The molecule has 0 spiro atoms. The summed E-state index contributed by atoms with van der Waals surface area (Å²) >= 11 is 0. The second kappa shape index (κ2) is 3.18. The van der Waals surface area contributed by atoms with E-state index in [9.17, 15) is 4.79 Å². The van der Waals surface area contributed by atoms with E-state index >= 15 is 0 Å². The minimum absolute atomic E-state index is 0.378. The Kier molecular flexibility index (Phi) is 2.25. The van der Waals surface area contributed by atoms with Gasteiger partial charge in [0.05, 0.1) is 13.3 Å². The second-order valence-corrected chi connectivity index (χ2v) is 2.09. The summed E-state index contributed by atoms with van der Waals surface area (Å²) < 4.78 is 4.48. The first-order valence-corrected chi connectivity index (χ1v) is 3.40. The molecule has 60 valence electrons. The molecule has 11 heavy (non-hydrogen) atoms. The number of ether oxygens (including phenoxy) is 1. The summed E-state index contributed by atoms with van der Waals surface area (Å²) in [5.74, 6) is 0.419. The van der Waals surface area contributed by atoms with Crippen LogP contribution in [0.4, 0.5) is 0 Å². The Morgan fingerprint density at radius 3 is 3.00 bits per heavy atom. The van der Waals surface area contributed by atoms with Crippen LogP contribution in [-0.2, 0) is 11.2 Å². The summed E-state index contributed by atoms with van der Waals surface area (Å²) in [5, 5.41) is 0. The van der Waals surface area contributed by atoms with Gasteiger partial charge in [0.1, 0.15) is 11.5 Å². The molecule has 0 saturated heterocycles. The first-order valence-electron chi connectivity index (χ1n) is 3.40. The number of imidazole rings is 1. The molecule has 0 aliphatic rings. The SMILES string of the molecule is CCc1ncc(C(=O)OC)[nH]1. The normalized spacial score (nSPS) is 9.64. The topological polar surface area (TPSA) is 55.0 Å². The van der Waals surface area contributed by atoms with Crippen LogP contribution in [0.25, 0.3) is 0 Å². The van der Waals surface area contributed by atoms with Gasteiger partial charge in [0.15, 0.2) is 0 Å². The van der Waals surface area contributed by atoms with Crippen LogP contribution in [0, 0.1) is 0 Å². The van der Waals surface area contributed by atoms with Crippen molar-refractivity contribution in [1.29, 1.82) is 0 Å². The largest absolute Gasteiger partial charge is 0.464 e. The zero-order valence-electron chi connectivity index (χ0n) is 6.55. The first-order chi connectivity index (χ1) is 5.27. The Morgan fingerprint density at radius 1 is 1.82 bits per heavy atom. The molecule has 0 unspecified atom stereocenters. The van der Waals surface area contributed by atoms with Gasteiger partial charge in [0.2, 0.25) is 0 Å². The highest BCUT2D eigenvalue weighted by atomic mass is 16.5. The third kappa shape index (κ3) is 1.58. The highest BCUT2D eigenvalue weighted by molar-refractivity contribution is 5.86. The van der Waals surface area contributed by atoms with Gasteiger partial charge in [-0.3, -0.25) is 0 Å². The Balaban J connectivity index is 2.80. The quantitative estimate of drug-likeness (QED) is 0.640. The summed E-state index contributed by atoms with van der Waals surface area (Å²) in [6.45, 7) is 1.96. The number of nitrogens with one attached hydrogen (secondary N) is 1. The number of hydrogen-bond donors (Lipinski definition) is 1. The molecule has 1 rings (SSSR count). The lowest BCUT2D eigenvalue weighted by Crippen LogP contribution is -2.01. The smallest absolute Gasteiger partial charge is 0.356 e. The lowest BCUT2D eigenvalue weighted by atomic mass is 10.5. The number of carbonyl (C=O) groups excluding carboxylic acids is 1. The van der Waals surface area contributed by atoms with E-state index in [0.717, 1.165) is 12.2 Å². The minimum Gasteiger partial charge on any atom is -0.464 e. The maximum absolute atomic E-state index is 10.8. The van der Waals surface area contributed by atoms with Crippen molar-refractivity contribution >= 4 is 5.97 Å². The van der Waals surface area contributed by atoms with Gasteiger partial charge < -0.3 is 9.72 Å². The van der Waals surface area contributed by atoms with Crippen LogP contribution in [0.5, 0.6) is 0 Å². The molecule has 1 N–H and O–H groups in total. The maximum Gasteiger partial charge on any atom is 0.356 e. The Labute approximate surface area is 64.6 Å². The molecular weight excluding hydrogens is 144 g/mol. The van der Waals surface area contributed by atoms with Crippen molar-refractivity contribution in [1.82, 2.24) is 9.97 Å². The van der Waals surface area contributed by atoms with Crippen LogP contribution in [0.3, 0.4) is 0 Å². The van der Waals surface area contributed by atoms with E-state index in [0.29, 0.717) is 5.69 Å². The Bertz CT molecular complexity index is 255. The molecule has 0 aliphatic carbocycles. The molecule has 4 nitrogen and oxygen atoms in total. The van der Waals surface area contributed by atoms with E-state index in [2.05, 4.69) is 14.7 Å². The van der Waals surface area contributed by atoms with Crippen molar-refractivity contribution in [2.24, 2.45) is 0 Å². The Hall–Kier alpha value is -1.32. The average Bonchev–Trinajstić information content (AvgIpc) is 2.50. The van der Waals surface area contributed by atoms with E-state index in [1.165, 1.54) is 13.3 Å². The molecule has 0 atom stereocenters. The fourth-order valence-electron chi connectivity index (χ4n) is 0.756. The Morgan fingerprint density at radius 2 is 2.55 bits per heavy atom. The summed E-state index contributed by atoms with van der Waals surface area (Å²) in [5.41, 5.74) is 0.407. The molecule has 1 aromatic heterocycles. The van der Waals surface area contributed by atoms with Gasteiger partial charge in [-0.15, -0.1) is 0 Å². The van der Waals surface area contributed by atoms with Gasteiger partial charge in [-0.25, -0.2) is 9.78 Å². The van der Waals surface area contributed by atoms with Crippen LogP contribution < -0.4 is 0 Å². The molecule has 1 aromatic rings. The number of nitrogens with zero attached hydrogens (tertiary/aromatic N) is 1. The number of H-pyrrole nitrogens is 1. The standard InChI is InChI=1S/C7H10N2O2/c1-3-6-8-4-5(9-6)7(10)11-2/h4H,3H2,1-2H3,(H,8,9). The number of hydrogen-bond acceptors (Lipinski definition) is 3. The maximum atomic E-state index is 10.8. The molecule has 0 bridgehead atoms. The second-order valence-electron chi connectivity index (χ2n) is 2.09. The van der Waals surface area contributed by atoms with Crippen molar-refractivity contribution in [3.8, 4) is 0 Å². The fraction of sp³-hybridized carbons (Fsp3) is 0.429. The zero-order valence-corrected chi connectivity index (χ0v) is 6.55. The molecule has 4 heteroatoms. The van der Waals surface area contributed by atoms with E-state index in [1.807, 2.05) is 6.92 Å². The van der Waals surface area contributed by atoms with Crippen LogP contribution in [0.1, 0.15) is 23.2 Å². The number of esters is 1. The van der Waals surface area contributed by atoms with Gasteiger partial charge in [-0.1, -0.05) is 6.92 Å². The van der Waals surface area contributed by atoms with E-state index in [1.54, 1.807) is 0 Å². The summed E-state index contributed by atoms with van der Waals surface area (Å²) in [6, 6.07) is 0. The number of methoxy groups -OCH3 is 1. The van der Waals surface area contributed by atoms with Gasteiger partial charge in [-0.05, 0) is 0 Å². The molecule has 1 heterocycles. The summed E-state index contributed by atoms with van der Waals surface area (Å²) in [6.07, 6.45) is 2.27. The fourth-order valence-corrected chi connectivity index (χ4v) is 0.756. The predicted molar refractivity (Wildman–Crippen MR) is 39.3 cm³/mol. The van der Waals surface area contributed by atoms with Gasteiger partial charge in [0, 0.05) is 6.42 Å². The zero-order chi connectivity index (χ0) is 8.27. The van der Waals surface area contributed by atoms with Gasteiger partial charge >= 0.3 is 5.97 Å². The number of aryl methyl sites for hydroxylation is 1. The molecule has 0 fully saturated rings. The molecule has 0 saturated carbocycles. The lowest BCUT2D eigenvalue weighted by molar-refractivity contribution is 0.0594. The van der Waals surface area contributed by atoms with Crippen molar-refractivity contribution in [3.05, 3.63) is 17.7 Å². The van der Waals surface area contributed by atoms with Crippen molar-refractivity contribution in [3.63, 3.8) is 0 Å². The molecule has 0 aliphatic heterocycles. The average molecular weight is 154 g/mol. The molecule has 0 radical (unpaired) electrons. The minimum atomic E-state index is -0.378. The third-order valence-corrected chi connectivity index (χ3v) is 1.37. The number of rotatable bonds is 2. The van der Waals surface area contributed by atoms with Crippen LogP contribution in [0.2, 0.25) is 0 Å². The van der Waals surface area contributed by atoms with E-state index in [4.69, 9.17) is 0 Å². The third-order valence-electron chi connectivity index (χ3n) is 1.37. The van der Waals surface area contributed by atoms with Crippen molar-refractivity contribution < 1.29 is 9.53 Å². The van der Waals surface area contributed by atoms with Gasteiger partial charge in [-0.2, -0.15) is 0 Å². The van der Waals surface area contributed by atoms with E-state index < -0.39 is 0 Å². The summed E-state index contributed by atoms with van der Waals surface area (Å²) in [7, 11) is 1.34. The molecule has 0 aromatic carbocycles. The molecular formula is C7H10N2O2. The van der Waals surface area contributed by atoms with Gasteiger partial charge in [0.25, 0.3) is 0 Å². The first kappa shape index (κ1) is 7.78. The van der Waals surface area contributed by atoms with Crippen LogP contribution in [-0.4, -0.2) is 23.0 Å². The van der Waals surface area contributed by atoms with Crippen LogP contribution >= 0.6 is 0 Å². The van der Waals surface area contributed by atoms with Crippen molar-refractivity contribution in [2.75, 3.05) is 7.11 Å². The molecule has 0 amide bonds. The monoisotopic (exact) mass is 154 g/mol. The van der Waals surface area contributed by atoms with Crippen molar-refractivity contribution in [2.45, 2.75) is 13.3 Å². The lowest BCUT2D eigenvalue weighted by Gasteiger charge is -1.91. The van der Waals surface area contributed by atoms with E-state index in [-0.39, 0.29) is 5.97 Å². The number of carbonyl (C=O) groups is 1. The van der Waals surface area contributed by atoms with Crippen LogP contribution in [0.15, 0.2) is 6.20 Å². The number of aromatic amines is 1. The highest BCUT2D eigenvalue weighted by Gasteiger charge is 2.07. The number of aromatic nitrogens is 2. The highest BCUT2D eigenvalue weighted by Crippen LogP contribution is 1.98. The predicted octanol–water partition coefficient (Wildman–Crippen LogP) is 0.759.